The Bertz CT molecular complexity index is 1380. The number of aromatic nitrogens is 1. The van der Waals surface area contributed by atoms with Crippen LogP contribution in [0.1, 0.15) is 45.2 Å². The van der Waals surface area contributed by atoms with Gasteiger partial charge in [-0.25, -0.2) is 4.79 Å². The number of aromatic amines is 1. The number of carbonyl (C=O) groups is 4. The van der Waals surface area contributed by atoms with E-state index >= 15 is 0 Å². The number of benzene rings is 2. The number of amides is 3. The summed E-state index contributed by atoms with van der Waals surface area (Å²) in [4.78, 5) is 54.8. The van der Waals surface area contributed by atoms with Crippen molar-refractivity contribution in [2.45, 2.75) is 71.1 Å². The summed E-state index contributed by atoms with van der Waals surface area (Å²) in [6.45, 7) is 7.16. The van der Waals surface area contributed by atoms with Gasteiger partial charge in [0.05, 0.1) is 6.04 Å². The van der Waals surface area contributed by atoms with Gasteiger partial charge in [0.25, 0.3) is 0 Å². The number of nitrogens with two attached hydrogens (primary N) is 1. The van der Waals surface area contributed by atoms with Gasteiger partial charge in [-0.1, -0.05) is 58.0 Å². The topological polar surface area (TPSA) is 187 Å². The lowest BCUT2D eigenvalue weighted by Gasteiger charge is -2.27. The molecule has 4 atom stereocenters. The Morgan fingerprint density at radius 1 is 0.833 bits per heavy atom. The van der Waals surface area contributed by atoms with E-state index in [9.17, 15) is 29.4 Å². The minimum Gasteiger partial charge on any atom is -0.508 e. The van der Waals surface area contributed by atoms with Crippen LogP contribution in [-0.4, -0.2) is 63.1 Å². The number of carboxylic acids is 1. The fourth-order valence-corrected chi connectivity index (χ4v) is 4.73. The molecule has 0 fully saturated rings. The van der Waals surface area contributed by atoms with Crippen molar-refractivity contribution in [1.29, 1.82) is 0 Å². The number of para-hydroxylation sites is 1. The molecule has 0 aliphatic heterocycles. The maximum absolute atomic E-state index is 13.6. The van der Waals surface area contributed by atoms with Gasteiger partial charge < -0.3 is 36.9 Å². The maximum atomic E-state index is 13.6. The Morgan fingerprint density at radius 3 is 2.10 bits per heavy atom. The average molecular weight is 580 g/mol. The highest BCUT2D eigenvalue weighted by atomic mass is 16.4. The van der Waals surface area contributed by atoms with Crippen LogP contribution in [-0.2, 0) is 32.0 Å². The zero-order valence-corrected chi connectivity index (χ0v) is 24.4. The van der Waals surface area contributed by atoms with Crippen LogP contribution >= 0.6 is 0 Å². The molecule has 2 aromatic carbocycles. The standard InChI is InChI=1S/C31H41N5O6/c1-17(2)13-26(31(41)42)35-30(40)27(18(3)4)36-29(39)25(14-19-9-11-21(37)12-10-19)34-28(38)23(32)15-20-16-33-24-8-6-5-7-22(20)24/h5-12,16-18,23,25-27,33,37H,13-15,32H2,1-4H3,(H,34,38)(H,35,40)(H,36,39)(H,41,42). The van der Waals surface area contributed by atoms with E-state index in [2.05, 4.69) is 20.9 Å². The summed E-state index contributed by atoms with van der Waals surface area (Å²) in [5.41, 5.74) is 8.71. The van der Waals surface area contributed by atoms with Crippen LogP contribution in [0.2, 0.25) is 0 Å². The second-order valence-corrected chi connectivity index (χ2v) is 11.4. The molecule has 8 N–H and O–H groups in total. The van der Waals surface area contributed by atoms with Gasteiger partial charge in [-0.05, 0) is 54.0 Å². The van der Waals surface area contributed by atoms with Crippen molar-refractivity contribution in [3.8, 4) is 5.75 Å². The van der Waals surface area contributed by atoms with E-state index in [0.29, 0.717) is 5.56 Å². The normalized spacial score (nSPS) is 14.3. The van der Waals surface area contributed by atoms with Crippen molar-refractivity contribution in [3.05, 3.63) is 65.9 Å². The predicted octanol–water partition coefficient (Wildman–Crippen LogP) is 2.23. The van der Waals surface area contributed by atoms with Gasteiger partial charge >= 0.3 is 5.97 Å². The third-order valence-corrected chi connectivity index (χ3v) is 7.03. The summed E-state index contributed by atoms with van der Waals surface area (Å²) in [5.74, 6) is -3.26. The van der Waals surface area contributed by atoms with Crippen molar-refractivity contribution in [2.24, 2.45) is 17.6 Å². The van der Waals surface area contributed by atoms with Crippen LogP contribution in [0.25, 0.3) is 10.9 Å². The largest absolute Gasteiger partial charge is 0.508 e. The molecular formula is C31H41N5O6. The van der Waals surface area contributed by atoms with Crippen LogP contribution in [0, 0.1) is 11.8 Å². The van der Waals surface area contributed by atoms with Crippen LogP contribution in [0.3, 0.4) is 0 Å². The number of phenols is 1. The highest BCUT2D eigenvalue weighted by Crippen LogP contribution is 2.19. The van der Waals surface area contributed by atoms with Gasteiger partial charge in [0.15, 0.2) is 0 Å². The van der Waals surface area contributed by atoms with E-state index in [1.807, 2.05) is 38.1 Å². The molecule has 42 heavy (non-hydrogen) atoms. The smallest absolute Gasteiger partial charge is 0.326 e. The molecule has 3 rings (SSSR count). The molecule has 226 valence electrons. The summed E-state index contributed by atoms with van der Waals surface area (Å²) < 4.78 is 0. The van der Waals surface area contributed by atoms with E-state index in [1.165, 1.54) is 12.1 Å². The molecule has 0 bridgehead atoms. The summed E-state index contributed by atoms with van der Waals surface area (Å²) in [6.07, 6.45) is 2.32. The van der Waals surface area contributed by atoms with Gasteiger partial charge in [0.1, 0.15) is 23.9 Å². The van der Waals surface area contributed by atoms with Crippen molar-refractivity contribution >= 4 is 34.6 Å². The van der Waals surface area contributed by atoms with Crippen LogP contribution < -0.4 is 21.7 Å². The SMILES string of the molecule is CC(C)CC(NC(=O)C(NC(=O)C(Cc1ccc(O)cc1)NC(=O)C(N)Cc1c[nH]c2ccccc12)C(C)C)C(=O)O. The van der Waals surface area contributed by atoms with Crippen LogP contribution in [0.15, 0.2) is 54.7 Å². The van der Waals surface area contributed by atoms with Gasteiger partial charge in [0, 0.05) is 23.5 Å². The first-order valence-corrected chi connectivity index (χ1v) is 14.1. The van der Waals surface area contributed by atoms with Gasteiger partial charge in [-0.3, -0.25) is 14.4 Å². The van der Waals surface area contributed by atoms with Crippen molar-refractivity contribution in [1.82, 2.24) is 20.9 Å². The molecule has 0 saturated carbocycles. The molecule has 3 aromatic rings. The lowest BCUT2D eigenvalue weighted by Crippen LogP contribution is -2.59. The van der Waals surface area contributed by atoms with Gasteiger partial charge in [-0.2, -0.15) is 0 Å². The number of hydrogen-bond acceptors (Lipinski definition) is 6. The number of phenolic OH excluding ortho intramolecular Hbond substituents is 1. The lowest BCUT2D eigenvalue weighted by atomic mass is 9.99. The Kier molecular flexibility index (Phi) is 11.1. The van der Waals surface area contributed by atoms with Crippen LogP contribution in [0.4, 0.5) is 0 Å². The molecule has 0 saturated heterocycles. The summed E-state index contributed by atoms with van der Waals surface area (Å²) >= 11 is 0. The first kappa shape index (κ1) is 32.1. The number of aromatic hydroxyl groups is 1. The zero-order chi connectivity index (χ0) is 31.0. The molecule has 0 spiro atoms. The molecule has 1 aromatic heterocycles. The Labute approximate surface area is 245 Å². The van der Waals surface area contributed by atoms with Crippen molar-refractivity contribution < 1.29 is 29.4 Å². The molecule has 11 heteroatoms. The highest BCUT2D eigenvalue weighted by Gasteiger charge is 2.32. The van der Waals surface area contributed by atoms with Gasteiger partial charge in [0.2, 0.25) is 17.7 Å². The highest BCUT2D eigenvalue weighted by molar-refractivity contribution is 5.94. The van der Waals surface area contributed by atoms with Crippen molar-refractivity contribution in [2.75, 3.05) is 0 Å². The Hall–Kier alpha value is -4.38. The number of fused-ring (bicyclic) bond motifs is 1. The second kappa shape index (κ2) is 14.5. The summed E-state index contributed by atoms with van der Waals surface area (Å²) in [5, 5.41) is 28.2. The number of carboxylic acid groups (broad SMARTS) is 1. The number of hydrogen-bond donors (Lipinski definition) is 7. The molecule has 0 aliphatic carbocycles. The predicted molar refractivity (Wildman–Crippen MR) is 160 cm³/mol. The van der Waals surface area contributed by atoms with Gasteiger partial charge in [-0.15, -0.1) is 0 Å². The molecule has 11 nitrogen and oxygen atoms in total. The fraction of sp³-hybridized carbons (Fsp3) is 0.419. The lowest BCUT2D eigenvalue weighted by molar-refractivity contribution is -0.143. The number of H-pyrrole nitrogens is 1. The van der Waals surface area contributed by atoms with E-state index in [1.54, 1.807) is 32.2 Å². The zero-order valence-electron chi connectivity index (χ0n) is 24.4. The number of carbonyl (C=O) groups excluding carboxylic acids is 3. The monoisotopic (exact) mass is 579 g/mol. The first-order chi connectivity index (χ1) is 19.8. The third kappa shape index (κ3) is 8.81. The maximum Gasteiger partial charge on any atom is 0.326 e. The van der Waals surface area contributed by atoms with E-state index in [-0.39, 0.29) is 36.8 Å². The van der Waals surface area contributed by atoms with Crippen molar-refractivity contribution in [3.63, 3.8) is 0 Å². The molecule has 4 unspecified atom stereocenters. The molecule has 0 radical (unpaired) electrons. The quantitative estimate of drug-likeness (QED) is 0.152. The number of nitrogens with one attached hydrogen (secondary N) is 4. The van der Waals surface area contributed by atoms with E-state index in [4.69, 9.17) is 5.73 Å². The first-order valence-electron chi connectivity index (χ1n) is 14.1. The molecule has 1 heterocycles. The third-order valence-electron chi connectivity index (χ3n) is 7.03. The minimum atomic E-state index is -1.16. The fourth-order valence-electron chi connectivity index (χ4n) is 4.73. The minimum absolute atomic E-state index is 0.0249. The average Bonchev–Trinajstić information content (AvgIpc) is 3.33. The Balaban J connectivity index is 1.77. The second-order valence-electron chi connectivity index (χ2n) is 11.4. The van der Waals surface area contributed by atoms with E-state index < -0.39 is 47.9 Å². The summed E-state index contributed by atoms with van der Waals surface area (Å²) in [7, 11) is 0. The Morgan fingerprint density at radius 2 is 1.48 bits per heavy atom. The molecule has 3 amide bonds. The number of rotatable bonds is 14. The molecular weight excluding hydrogens is 538 g/mol. The van der Waals surface area contributed by atoms with E-state index in [0.717, 1.165) is 16.5 Å². The molecule has 0 aliphatic rings. The summed E-state index contributed by atoms with van der Waals surface area (Å²) in [6, 6.07) is 9.63. The van der Waals surface area contributed by atoms with Crippen LogP contribution in [0.5, 0.6) is 5.75 Å². The number of aliphatic carboxylic acids is 1.